The van der Waals surface area contributed by atoms with E-state index >= 15 is 0 Å². The average Bonchev–Trinajstić information content (AvgIpc) is 2.72. The monoisotopic (exact) mass is 407 g/mol. The molecule has 1 atom stereocenters. The Morgan fingerprint density at radius 1 is 1.33 bits per heavy atom. The number of pyridine rings is 2. The van der Waals surface area contributed by atoms with Crippen LogP contribution in [0.25, 0.3) is 22.3 Å². The molecule has 5 N–H and O–H groups in total. The number of hydrogen-bond donors (Lipinski definition) is 3. The van der Waals surface area contributed by atoms with Gasteiger partial charge in [0, 0.05) is 47.9 Å². The minimum absolute atomic E-state index is 0.179. The lowest BCUT2D eigenvalue weighted by molar-refractivity contribution is 0.0985. The van der Waals surface area contributed by atoms with Crippen LogP contribution in [-0.2, 0) is 4.74 Å². The topological polar surface area (TPSA) is 126 Å². The highest BCUT2D eigenvalue weighted by molar-refractivity contribution is 6.00. The van der Waals surface area contributed by atoms with E-state index in [1.54, 1.807) is 18.5 Å². The van der Waals surface area contributed by atoms with Gasteiger partial charge in [0.25, 0.3) is 0 Å². The molecule has 158 valence electrons. The van der Waals surface area contributed by atoms with Gasteiger partial charge in [0.05, 0.1) is 25.0 Å². The molecule has 1 aliphatic heterocycles. The maximum atomic E-state index is 7.35. The zero-order valence-corrected chi connectivity index (χ0v) is 17.7. The number of anilines is 1. The molecule has 0 bridgehead atoms. The van der Waals surface area contributed by atoms with Gasteiger partial charge in [-0.3, -0.25) is 9.98 Å². The highest BCUT2D eigenvalue weighted by Crippen LogP contribution is 2.30. The highest BCUT2D eigenvalue weighted by Gasteiger charge is 2.23. The summed E-state index contributed by atoms with van der Waals surface area (Å²) in [7, 11) is 0. The Labute approximate surface area is 176 Å². The Hall–Kier alpha value is -3.26. The van der Waals surface area contributed by atoms with E-state index < -0.39 is 0 Å². The lowest BCUT2D eigenvalue weighted by Crippen LogP contribution is -2.44. The number of fused-ring (bicyclic) bond motifs is 1. The van der Waals surface area contributed by atoms with Crippen molar-refractivity contribution in [3.63, 3.8) is 0 Å². The summed E-state index contributed by atoms with van der Waals surface area (Å²) in [6, 6.07) is 4.25. The highest BCUT2D eigenvalue weighted by atomic mass is 16.5. The van der Waals surface area contributed by atoms with Gasteiger partial charge in [-0.1, -0.05) is 0 Å². The predicted molar refractivity (Wildman–Crippen MR) is 124 cm³/mol. The van der Waals surface area contributed by atoms with Crippen molar-refractivity contribution < 1.29 is 4.74 Å². The van der Waals surface area contributed by atoms with E-state index in [0.717, 1.165) is 29.5 Å². The summed E-state index contributed by atoms with van der Waals surface area (Å²) in [4.78, 5) is 15.9. The summed E-state index contributed by atoms with van der Waals surface area (Å²) in [5, 5.41) is 8.19. The molecule has 1 unspecified atom stereocenters. The van der Waals surface area contributed by atoms with E-state index in [4.69, 9.17) is 26.6 Å². The summed E-state index contributed by atoms with van der Waals surface area (Å²) < 4.78 is 5.58. The normalized spacial score (nSPS) is 18.5. The molecule has 0 aliphatic carbocycles. The number of ether oxygens (including phenoxy) is 1. The molecule has 0 amide bonds. The zero-order chi connectivity index (χ0) is 21.7. The van der Waals surface area contributed by atoms with Gasteiger partial charge < -0.3 is 26.5 Å². The number of nitrogens with zero attached hydrogens (tertiary/aromatic N) is 4. The van der Waals surface area contributed by atoms with E-state index in [9.17, 15) is 0 Å². The number of nitrogens with one attached hydrogen (secondary N) is 1. The van der Waals surface area contributed by atoms with E-state index in [-0.39, 0.29) is 12.1 Å². The van der Waals surface area contributed by atoms with Crippen LogP contribution < -0.4 is 16.4 Å². The number of aliphatic imine (C=N–C) groups is 1. The van der Waals surface area contributed by atoms with Gasteiger partial charge in [-0.05, 0) is 45.1 Å². The minimum atomic E-state index is 0.179. The lowest BCUT2D eigenvalue weighted by Gasteiger charge is -2.34. The van der Waals surface area contributed by atoms with Crippen molar-refractivity contribution in [2.24, 2.45) is 16.5 Å². The van der Waals surface area contributed by atoms with Crippen molar-refractivity contribution in [2.45, 2.75) is 32.9 Å². The van der Waals surface area contributed by atoms with Crippen molar-refractivity contribution in [1.82, 2.24) is 9.97 Å². The quantitative estimate of drug-likeness (QED) is 0.632. The van der Waals surface area contributed by atoms with E-state index in [0.29, 0.717) is 35.8 Å². The first-order valence-corrected chi connectivity index (χ1v) is 10.0. The Balaban J connectivity index is 2.23. The number of nitrogens with two attached hydrogens (primary N) is 2. The maximum absolute atomic E-state index is 7.35. The third kappa shape index (κ3) is 4.65. The summed E-state index contributed by atoms with van der Waals surface area (Å²) in [5.74, 6) is 0.794. The number of hydrogen-bond acceptors (Lipinski definition) is 8. The molecule has 3 heterocycles. The molecule has 0 spiro atoms. The fourth-order valence-electron chi connectivity index (χ4n) is 3.36. The summed E-state index contributed by atoms with van der Waals surface area (Å²) in [6.07, 6.45) is 7.86. The van der Waals surface area contributed by atoms with Crippen molar-refractivity contribution >= 4 is 40.5 Å². The van der Waals surface area contributed by atoms with Crippen molar-refractivity contribution in [1.29, 1.82) is 5.41 Å². The Morgan fingerprint density at radius 2 is 2.13 bits per heavy atom. The Kier molecular flexibility index (Phi) is 6.79. The summed E-state index contributed by atoms with van der Waals surface area (Å²) in [6.45, 7) is 8.14. The maximum Gasteiger partial charge on any atom is 0.130 e. The molecule has 2 aromatic rings. The minimum Gasteiger partial charge on any atom is -0.398 e. The molecule has 1 saturated heterocycles. The van der Waals surface area contributed by atoms with Gasteiger partial charge in [-0.25, -0.2) is 4.98 Å². The number of morpholine rings is 1. The van der Waals surface area contributed by atoms with Crippen LogP contribution in [0.2, 0.25) is 0 Å². The van der Waals surface area contributed by atoms with Crippen LogP contribution in [0.3, 0.4) is 0 Å². The molecule has 8 heteroatoms. The fourth-order valence-corrected chi connectivity index (χ4v) is 3.36. The smallest absolute Gasteiger partial charge is 0.130 e. The first-order valence-electron chi connectivity index (χ1n) is 10.0. The molecular weight excluding hydrogens is 378 g/mol. The standard InChI is InChI=1S/C22H29N7O/c1-14(2)26-9-6-18(24)17-12-20(29-10-11-30-13-15(29)3)28-21-16(17)5-8-27-22(21)19(25)4-7-23/h4-9,12,14-15,23H,10-11,13,24-25H2,1-3H3/b18-6?,19-4-,23-7?,26-9?. The van der Waals surface area contributed by atoms with Gasteiger partial charge in [-0.15, -0.1) is 0 Å². The average molecular weight is 408 g/mol. The predicted octanol–water partition coefficient (Wildman–Crippen LogP) is 2.58. The summed E-state index contributed by atoms with van der Waals surface area (Å²) in [5.41, 5.74) is 15.6. The van der Waals surface area contributed by atoms with Gasteiger partial charge >= 0.3 is 0 Å². The third-order valence-electron chi connectivity index (χ3n) is 4.86. The molecule has 2 aromatic heterocycles. The van der Waals surface area contributed by atoms with Gasteiger partial charge in [0.15, 0.2) is 0 Å². The van der Waals surface area contributed by atoms with Crippen molar-refractivity contribution in [2.75, 3.05) is 24.7 Å². The zero-order valence-electron chi connectivity index (χ0n) is 17.7. The second-order valence-electron chi connectivity index (χ2n) is 7.50. The Morgan fingerprint density at radius 3 is 2.83 bits per heavy atom. The SMILES string of the molecule is CC(C)N=CC=C(N)c1cc(N2CCOCC2C)nc2c(/C(N)=C/C=N)nccc12. The first kappa shape index (κ1) is 21.4. The van der Waals surface area contributed by atoms with Crippen LogP contribution >= 0.6 is 0 Å². The number of rotatable bonds is 6. The molecule has 8 nitrogen and oxygen atoms in total. The van der Waals surface area contributed by atoms with E-state index in [1.165, 1.54) is 6.08 Å². The van der Waals surface area contributed by atoms with Gasteiger partial charge in [0.2, 0.25) is 0 Å². The molecule has 1 aliphatic rings. The second-order valence-corrected chi connectivity index (χ2v) is 7.50. The van der Waals surface area contributed by atoms with Crippen LogP contribution in [0.4, 0.5) is 5.82 Å². The second kappa shape index (κ2) is 9.49. The largest absolute Gasteiger partial charge is 0.398 e. The molecule has 0 aromatic carbocycles. The molecular formula is C22H29N7O. The van der Waals surface area contributed by atoms with Crippen LogP contribution in [-0.4, -0.2) is 54.2 Å². The van der Waals surface area contributed by atoms with Gasteiger partial charge in [-0.2, -0.15) is 0 Å². The first-order chi connectivity index (χ1) is 14.4. The number of allylic oxidation sites excluding steroid dienone is 2. The third-order valence-corrected chi connectivity index (χ3v) is 4.86. The van der Waals surface area contributed by atoms with Crippen LogP contribution in [0.5, 0.6) is 0 Å². The molecule has 1 fully saturated rings. The van der Waals surface area contributed by atoms with Gasteiger partial charge in [0.1, 0.15) is 17.0 Å². The molecule has 3 rings (SSSR count). The summed E-state index contributed by atoms with van der Waals surface area (Å²) >= 11 is 0. The molecule has 0 radical (unpaired) electrons. The Bertz CT molecular complexity index is 1010. The van der Waals surface area contributed by atoms with Crippen LogP contribution in [0.1, 0.15) is 32.0 Å². The van der Waals surface area contributed by atoms with Crippen molar-refractivity contribution in [3.8, 4) is 0 Å². The van der Waals surface area contributed by atoms with E-state index in [1.807, 2.05) is 26.0 Å². The number of aromatic nitrogens is 2. The fraction of sp³-hybridized carbons (Fsp3) is 0.364. The van der Waals surface area contributed by atoms with Crippen molar-refractivity contribution in [3.05, 3.63) is 41.7 Å². The molecule has 30 heavy (non-hydrogen) atoms. The molecule has 0 saturated carbocycles. The lowest BCUT2D eigenvalue weighted by atomic mass is 10.0. The van der Waals surface area contributed by atoms with Crippen LogP contribution in [0.15, 0.2) is 35.5 Å². The van der Waals surface area contributed by atoms with Crippen LogP contribution in [0, 0.1) is 5.41 Å². The van der Waals surface area contributed by atoms with E-state index in [2.05, 4.69) is 21.8 Å².